The number of halogens is 3. The number of aromatic nitrogens is 2. The lowest BCUT2D eigenvalue weighted by Crippen LogP contribution is -2.24. The van der Waals surface area contributed by atoms with Gasteiger partial charge in [0.25, 0.3) is 5.91 Å². The van der Waals surface area contributed by atoms with Gasteiger partial charge in [-0.3, -0.25) is 4.79 Å². The van der Waals surface area contributed by atoms with E-state index in [4.69, 9.17) is 11.6 Å². The highest BCUT2D eigenvalue weighted by molar-refractivity contribution is 6.20. The number of ether oxygens (including phenoxy) is 1. The number of β-amino-alcohol motifs (C(OH)–C–C–N with tert-alkyl or cyclic N) is 1. The zero-order valence-corrected chi connectivity index (χ0v) is 19.8. The topological polar surface area (TPSA) is 123 Å². The van der Waals surface area contributed by atoms with Gasteiger partial charge in [-0.25, -0.2) is 9.97 Å². The first kappa shape index (κ1) is 25.1. The molecule has 0 radical (unpaired) electrons. The third-order valence-electron chi connectivity index (χ3n) is 5.46. The van der Waals surface area contributed by atoms with Gasteiger partial charge in [-0.2, -0.15) is 5.26 Å². The van der Waals surface area contributed by atoms with Gasteiger partial charge in [0.2, 0.25) is 0 Å². The fourth-order valence-electron chi connectivity index (χ4n) is 3.74. The summed E-state index contributed by atoms with van der Waals surface area (Å²) < 4.78 is 29.9. The highest BCUT2D eigenvalue weighted by Gasteiger charge is 2.28. The second-order valence-electron chi connectivity index (χ2n) is 8.10. The van der Waals surface area contributed by atoms with Gasteiger partial charge in [-0.1, -0.05) is 0 Å². The van der Waals surface area contributed by atoms with Gasteiger partial charge in [0.1, 0.15) is 11.8 Å². The molecule has 4 rings (SSSR count). The van der Waals surface area contributed by atoms with E-state index >= 15 is 0 Å². The van der Waals surface area contributed by atoms with Crippen LogP contribution in [0.2, 0.25) is 0 Å². The monoisotopic (exact) mass is 514 g/mol. The van der Waals surface area contributed by atoms with Crippen LogP contribution in [0.15, 0.2) is 48.8 Å². The number of aliphatic hydroxyl groups excluding tert-OH is 1. The minimum atomic E-state index is -3.84. The summed E-state index contributed by atoms with van der Waals surface area (Å²) in [5.74, 6) is -0.157. The summed E-state index contributed by atoms with van der Waals surface area (Å²) in [5, 5.41) is 25.3. The SMILES string of the molecule is Cc1ccnc(C#N)c1Nc1cc(C(=O)Nc2ccc(OC(F)(F)Cl)cc2)cnc1N1CC[C@@H](O)C1. The Hall–Kier alpha value is -4.01. The zero-order chi connectivity index (χ0) is 25.9. The number of nitrogens with one attached hydrogen (secondary N) is 2. The molecule has 1 aliphatic rings. The summed E-state index contributed by atoms with van der Waals surface area (Å²) in [7, 11) is 0. The van der Waals surface area contributed by atoms with Crippen LogP contribution < -0.4 is 20.3 Å². The van der Waals surface area contributed by atoms with Gasteiger partial charge in [0.05, 0.1) is 23.0 Å². The number of anilines is 4. The molecule has 1 amide bonds. The van der Waals surface area contributed by atoms with Crippen molar-refractivity contribution in [1.29, 1.82) is 5.26 Å². The van der Waals surface area contributed by atoms with Crippen molar-refractivity contribution in [3.8, 4) is 11.8 Å². The molecule has 1 atom stereocenters. The van der Waals surface area contributed by atoms with E-state index in [0.29, 0.717) is 42.4 Å². The third kappa shape index (κ3) is 5.97. The molecule has 0 aliphatic carbocycles. The van der Waals surface area contributed by atoms with Gasteiger partial charge < -0.3 is 25.4 Å². The molecule has 1 aliphatic heterocycles. The summed E-state index contributed by atoms with van der Waals surface area (Å²) in [6, 6.07) is 10.6. The molecule has 36 heavy (non-hydrogen) atoms. The highest BCUT2D eigenvalue weighted by atomic mass is 35.5. The normalized spacial score (nSPS) is 15.3. The van der Waals surface area contributed by atoms with Crippen LogP contribution in [0.3, 0.4) is 0 Å². The molecule has 3 N–H and O–H groups in total. The molecule has 0 unspecified atom stereocenters. The standard InChI is InChI=1S/C24H21ClF2N6O3/c1-14-6-8-29-20(11-28)21(14)32-19-10-15(12-30-22(19)33-9-7-17(34)13-33)23(35)31-16-2-4-18(5-3-16)36-24(25,26)27/h2-6,8,10,12,17,32,34H,7,9,13H2,1H3,(H,31,35)/t17-/m1/s1. The van der Waals surface area contributed by atoms with E-state index in [9.17, 15) is 23.9 Å². The summed E-state index contributed by atoms with van der Waals surface area (Å²) in [4.78, 5) is 23.4. The number of aryl methyl sites for hydroxylation is 1. The Morgan fingerprint density at radius 3 is 2.69 bits per heavy atom. The van der Waals surface area contributed by atoms with Gasteiger partial charge in [-0.05, 0) is 55.3 Å². The van der Waals surface area contributed by atoms with E-state index in [2.05, 4.69) is 25.3 Å². The molecule has 9 nitrogen and oxygen atoms in total. The van der Waals surface area contributed by atoms with E-state index in [-0.39, 0.29) is 17.0 Å². The van der Waals surface area contributed by atoms with Gasteiger partial charge in [0, 0.05) is 42.8 Å². The minimum absolute atomic E-state index is 0.168. The molecular weight excluding hydrogens is 494 g/mol. The van der Waals surface area contributed by atoms with Crippen molar-refractivity contribution < 1.29 is 23.4 Å². The number of hydrogen-bond donors (Lipinski definition) is 3. The molecule has 3 heterocycles. The molecule has 1 aromatic carbocycles. The second-order valence-corrected chi connectivity index (χ2v) is 8.54. The predicted molar refractivity (Wildman–Crippen MR) is 130 cm³/mol. The number of amides is 1. The first-order valence-electron chi connectivity index (χ1n) is 10.9. The number of aliphatic hydroxyl groups is 1. The van der Waals surface area contributed by atoms with Crippen molar-refractivity contribution in [2.45, 2.75) is 25.0 Å². The average Bonchev–Trinajstić information content (AvgIpc) is 3.26. The lowest BCUT2D eigenvalue weighted by molar-refractivity contribution is -0.0964. The smallest absolute Gasteiger partial charge is 0.420 e. The summed E-state index contributed by atoms with van der Waals surface area (Å²) >= 11 is 4.76. The fraction of sp³-hybridized carbons (Fsp3) is 0.250. The van der Waals surface area contributed by atoms with Gasteiger partial charge in [-0.15, -0.1) is 8.78 Å². The molecule has 1 saturated heterocycles. The molecule has 0 saturated carbocycles. The molecule has 1 fully saturated rings. The van der Waals surface area contributed by atoms with Crippen LogP contribution in [0.25, 0.3) is 0 Å². The minimum Gasteiger partial charge on any atom is -0.420 e. The van der Waals surface area contributed by atoms with E-state index in [0.717, 1.165) is 5.56 Å². The Morgan fingerprint density at radius 2 is 2.06 bits per heavy atom. The summed E-state index contributed by atoms with van der Waals surface area (Å²) in [5.41, 5.74) is -1.42. The molecule has 12 heteroatoms. The Kier molecular flexibility index (Phi) is 7.19. The molecule has 186 valence electrons. The van der Waals surface area contributed by atoms with Crippen LogP contribution >= 0.6 is 11.6 Å². The second kappa shape index (κ2) is 10.3. The predicted octanol–water partition coefficient (Wildman–Crippen LogP) is 4.39. The number of hydrogen-bond acceptors (Lipinski definition) is 8. The Labute approximate surface area is 210 Å². The lowest BCUT2D eigenvalue weighted by Gasteiger charge is -2.22. The van der Waals surface area contributed by atoms with Crippen LogP contribution in [-0.4, -0.2) is 45.7 Å². The summed E-state index contributed by atoms with van der Waals surface area (Å²) in [6.45, 7) is 2.77. The van der Waals surface area contributed by atoms with Crippen molar-refractivity contribution in [3.05, 3.63) is 65.6 Å². The Balaban J connectivity index is 1.61. The van der Waals surface area contributed by atoms with Crippen LogP contribution in [0.5, 0.6) is 5.75 Å². The maximum atomic E-state index is 12.9. The zero-order valence-electron chi connectivity index (χ0n) is 19.0. The van der Waals surface area contributed by atoms with E-state index < -0.39 is 17.6 Å². The van der Waals surface area contributed by atoms with Gasteiger partial charge in [0.15, 0.2) is 11.5 Å². The van der Waals surface area contributed by atoms with E-state index in [1.165, 1.54) is 36.7 Å². The van der Waals surface area contributed by atoms with Crippen molar-refractivity contribution in [2.24, 2.45) is 0 Å². The van der Waals surface area contributed by atoms with Crippen molar-refractivity contribution in [1.82, 2.24) is 9.97 Å². The maximum absolute atomic E-state index is 12.9. The van der Waals surface area contributed by atoms with Crippen molar-refractivity contribution >= 4 is 40.4 Å². The molecular formula is C24H21ClF2N6O3. The number of alkyl halides is 3. The number of rotatable bonds is 7. The average molecular weight is 515 g/mol. The highest BCUT2D eigenvalue weighted by Crippen LogP contribution is 2.32. The van der Waals surface area contributed by atoms with Crippen LogP contribution in [-0.2, 0) is 0 Å². The Morgan fingerprint density at radius 1 is 1.31 bits per heavy atom. The lowest BCUT2D eigenvalue weighted by atomic mass is 10.1. The Bertz CT molecular complexity index is 1310. The largest absolute Gasteiger partial charge is 0.487 e. The molecule has 3 aromatic rings. The van der Waals surface area contributed by atoms with Crippen LogP contribution in [0.4, 0.5) is 31.7 Å². The first-order chi connectivity index (χ1) is 17.1. The number of carbonyl (C=O) groups is 1. The number of nitriles is 1. The third-order valence-corrected chi connectivity index (χ3v) is 5.54. The van der Waals surface area contributed by atoms with Crippen molar-refractivity contribution in [2.75, 3.05) is 28.6 Å². The van der Waals surface area contributed by atoms with E-state index in [1.807, 2.05) is 17.9 Å². The van der Waals surface area contributed by atoms with E-state index in [1.54, 1.807) is 12.1 Å². The fourth-order valence-corrected chi connectivity index (χ4v) is 3.83. The number of nitrogens with zero attached hydrogens (tertiary/aromatic N) is 4. The van der Waals surface area contributed by atoms with Crippen LogP contribution in [0, 0.1) is 18.3 Å². The molecule has 2 aromatic heterocycles. The molecule has 0 spiro atoms. The first-order valence-corrected chi connectivity index (χ1v) is 11.2. The van der Waals surface area contributed by atoms with Crippen molar-refractivity contribution in [3.63, 3.8) is 0 Å². The van der Waals surface area contributed by atoms with Gasteiger partial charge >= 0.3 is 5.57 Å². The summed E-state index contributed by atoms with van der Waals surface area (Å²) in [6.07, 6.45) is 3.01. The quantitative estimate of drug-likeness (QED) is 0.397. The number of carbonyl (C=O) groups excluding carboxylic acids is 1. The maximum Gasteiger partial charge on any atom is 0.487 e. The molecule has 0 bridgehead atoms. The van der Waals surface area contributed by atoms with Crippen LogP contribution in [0.1, 0.15) is 28.0 Å². The number of benzene rings is 1. The number of pyridine rings is 2.